The van der Waals surface area contributed by atoms with Crippen LogP contribution in [0.15, 0.2) is 10.6 Å². The molecule has 0 aromatic carbocycles. The zero-order chi connectivity index (χ0) is 11.3. The largest absolute Gasteiger partial charge is 0.480 e. The molecule has 1 heterocycles. The molecule has 80 valence electrons. The van der Waals surface area contributed by atoms with Crippen LogP contribution in [0.2, 0.25) is 0 Å². The number of hydrogen-bond donors (Lipinski definition) is 1. The normalized spacial score (nSPS) is 10.2. The fourth-order valence-corrected chi connectivity index (χ4v) is 1.20. The Balaban J connectivity index is 2.58. The molecule has 0 saturated heterocycles. The first kappa shape index (κ1) is 11.3. The molecule has 0 spiro atoms. The smallest absolute Gasteiger partial charge is 0.317 e. The number of aryl methyl sites for hydroxylation is 1. The van der Waals surface area contributed by atoms with E-state index in [9.17, 15) is 4.79 Å². The molecule has 0 aliphatic rings. The lowest BCUT2D eigenvalue weighted by molar-refractivity contribution is -0.138. The maximum Gasteiger partial charge on any atom is 0.317 e. The molecule has 5 heteroatoms. The third kappa shape index (κ3) is 3.83. The van der Waals surface area contributed by atoms with E-state index >= 15 is 0 Å². The SMILES string of the molecule is C#CCN(CC(=O)O)Cc1cc(C)no1. The highest BCUT2D eigenvalue weighted by Crippen LogP contribution is 2.05. The van der Waals surface area contributed by atoms with E-state index in [1.807, 2.05) is 0 Å². The summed E-state index contributed by atoms with van der Waals surface area (Å²) in [6.07, 6.45) is 5.13. The summed E-state index contributed by atoms with van der Waals surface area (Å²) in [5.74, 6) is 2.10. The Morgan fingerprint density at radius 1 is 1.80 bits per heavy atom. The van der Waals surface area contributed by atoms with Crippen molar-refractivity contribution in [2.45, 2.75) is 13.5 Å². The van der Waals surface area contributed by atoms with Crippen LogP contribution < -0.4 is 0 Å². The number of nitrogens with zero attached hydrogens (tertiary/aromatic N) is 2. The first-order valence-electron chi connectivity index (χ1n) is 4.41. The van der Waals surface area contributed by atoms with E-state index in [1.54, 1.807) is 17.9 Å². The Bertz CT molecular complexity index is 378. The van der Waals surface area contributed by atoms with Crippen LogP contribution in [0, 0.1) is 19.3 Å². The molecule has 1 aromatic rings. The summed E-state index contributed by atoms with van der Waals surface area (Å²) in [5, 5.41) is 12.3. The molecular weight excluding hydrogens is 196 g/mol. The molecule has 0 aliphatic carbocycles. The summed E-state index contributed by atoms with van der Waals surface area (Å²) in [5.41, 5.74) is 0.765. The summed E-state index contributed by atoms with van der Waals surface area (Å²) in [4.78, 5) is 12.1. The third-order valence-corrected chi connectivity index (χ3v) is 1.73. The predicted octanol–water partition coefficient (Wildman–Crippen LogP) is 0.503. The van der Waals surface area contributed by atoms with Gasteiger partial charge in [-0.15, -0.1) is 6.42 Å². The summed E-state index contributed by atoms with van der Waals surface area (Å²) < 4.78 is 4.97. The molecule has 1 N–H and O–H groups in total. The van der Waals surface area contributed by atoms with Crippen molar-refractivity contribution >= 4 is 5.97 Å². The van der Waals surface area contributed by atoms with Crippen molar-refractivity contribution in [3.8, 4) is 12.3 Å². The summed E-state index contributed by atoms with van der Waals surface area (Å²) in [6.45, 7) is 2.32. The van der Waals surface area contributed by atoms with Crippen LogP contribution in [0.1, 0.15) is 11.5 Å². The lowest BCUT2D eigenvalue weighted by Crippen LogP contribution is -2.29. The molecule has 1 rings (SSSR count). The summed E-state index contributed by atoms with van der Waals surface area (Å²) in [6, 6.07) is 1.76. The highest BCUT2D eigenvalue weighted by atomic mass is 16.5. The summed E-state index contributed by atoms with van der Waals surface area (Å²) >= 11 is 0. The van der Waals surface area contributed by atoms with Gasteiger partial charge < -0.3 is 9.63 Å². The zero-order valence-corrected chi connectivity index (χ0v) is 8.43. The number of carboxylic acid groups (broad SMARTS) is 1. The molecule has 0 aliphatic heterocycles. The number of rotatable bonds is 5. The van der Waals surface area contributed by atoms with Crippen LogP contribution in [-0.4, -0.2) is 34.2 Å². The van der Waals surface area contributed by atoms with Gasteiger partial charge in [0.2, 0.25) is 0 Å². The molecule has 0 radical (unpaired) electrons. The number of aliphatic carboxylic acids is 1. The van der Waals surface area contributed by atoms with E-state index in [2.05, 4.69) is 11.1 Å². The second kappa shape index (κ2) is 5.17. The molecule has 0 fully saturated rings. The van der Waals surface area contributed by atoms with Gasteiger partial charge in [-0.2, -0.15) is 0 Å². The first-order chi connectivity index (χ1) is 7.11. The predicted molar refractivity (Wildman–Crippen MR) is 53.0 cm³/mol. The second-order valence-corrected chi connectivity index (χ2v) is 3.18. The van der Waals surface area contributed by atoms with Crippen LogP contribution in [0.4, 0.5) is 0 Å². The maximum atomic E-state index is 10.5. The summed E-state index contributed by atoms with van der Waals surface area (Å²) in [7, 11) is 0. The van der Waals surface area contributed by atoms with Gasteiger partial charge in [-0.25, -0.2) is 0 Å². The average Bonchev–Trinajstić information content (AvgIpc) is 2.50. The number of terminal acetylenes is 1. The van der Waals surface area contributed by atoms with Gasteiger partial charge in [-0.1, -0.05) is 11.1 Å². The van der Waals surface area contributed by atoms with Crippen LogP contribution in [0.5, 0.6) is 0 Å². The van der Waals surface area contributed by atoms with Crippen molar-refractivity contribution in [3.05, 3.63) is 17.5 Å². The minimum Gasteiger partial charge on any atom is -0.480 e. The topological polar surface area (TPSA) is 66.6 Å². The molecule has 0 saturated carbocycles. The van der Waals surface area contributed by atoms with Gasteiger partial charge in [0.15, 0.2) is 5.76 Å². The van der Waals surface area contributed by atoms with Crippen molar-refractivity contribution in [2.75, 3.05) is 13.1 Å². The quantitative estimate of drug-likeness (QED) is 0.714. The molecule has 0 unspecified atom stereocenters. The molecule has 1 aromatic heterocycles. The highest BCUT2D eigenvalue weighted by Gasteiger charge is 2.11. The standard InChI is InChI=1S/C10H12N2O3/c1-3-4-12(7-10(13)14)6-9-5-8(2)11-15-9/h1,5H,4,6-7H2,2H3,(H,13,14). The van der Waals surface area contributed by atoms with Gasteiger partial charge in [-0.05, 0) is 6.92 Å². The van der Waals surface area contributed by atoms with E-state index in [4.69, 9.17) is 16.1 Å². The van der Waals surface area contributed by atoms with Crippen LogP contribution in [0.25, 0.3) is 0 Å². The van der Waals surface area contributed by atoms with Gasteiger partial charge in [0.05, 0.1) is 25.3 Å². The minimum atomic E-state index is -0.915. The van der Waals surface area contributed by atoms with E-state index in [0.29, 0.717) is 12.3 Å². The Hall–Kier alpha value is -1.80. The number of hydrogen-bond acceptors (Lipinski definition) is 4. The van der Waals surface area contributed by atoms with Crippen LogP contribution >= 0.6 is 0 Å². The van der Waals surface area contributed by atoms with Gasteiger partial charge in [-0.3, -0.25) is 9.69 Å². The minimum absolute atomic E-state index is 0.107. The molecule has 0 bridgehead atoms. The highest BCUT2D eigenvalue weighted by molar-refractivity contribution is 5.69. The van der Waals surface area contributed by atoms with E-state index in [0.717, 1.165) is 5.69 Å². The van der Waals surface area contributed by atoms with Crippen molar-refractivity contribution in [3.63, 3.8) is 0 Å². The van der Waals surface area contributed by atoms with Crippen molar-refractivity contribution in [2.24, 2.45) is 0 Å². The van der Waals surface area contributed by atoms with Gasteiger partial charge >= 0.3 is 5.97 Å². The van der Waals surface area contributed by atoms with E-state index in [1.165, 1.54) is 0 Å². The molecule has 0 amide bonds. The molecular formula is C10H12N2O3. The lowest BCUT2D eigenvalue weighted by atomic mass is 10.3. The van der Waals surface area contributed by atoms with Crippen molar-refractivity contribution in [1.29, 1.82) is 0 Å². The molecule has 15 heavy (non-hydrogen) atoms. The Kier molecular flexibility index (Phi) is 3.89. The number of carboxylic acids is 1. The monoisotopic (exact) mass is 208 g/mol. The van der Waals surface area contributed by atoms with Crippen LogP contribution in [0.3, 0.4) is 0 Å². The molecule has 5 nitrogen and oxygen atoms in total. The van der Waals surface area contributed by atoms with Gasteiger partial charge in [0, 0.05) is 6.07 Å². The maximum absolute atomic E-state index is 10.5. The van der Waals surface area contributed by atoms with Crippen LogP contribution in [-0.2, 0) is 11.3 Å². The van der Waals surface area contributed by atoms with E-state index < -0.39 is 5.97 Å². The lowest BCUT2D eigenvalue weighted by Gasteiger charge is -2.14. The fourth-order valence-electron chi connectivity index (χ4n) is 1.20. The number of aromatic nitrogens is 1. The number of carbonyl (C=O) groups is 1. The van der Waals surface area contributed by atoms with Gasteiger partial charge in [0.1, 0.15) is 0 Å². The molecule has 0 atom stereocenters. The zero-order valence-electron chi connectivity index (χ0n) is 8.43. The Morgan fingerprint density at radius 3 is 3.00 bits per heavy atom. The fraction of sp³-hybridized carbons (Fsp3) is 0.400. The third-order valence-electron chi connectivity index (χ3n) is 1.73. The Labute approximate surface area is 87.7 Å². The van der Waals surface area contributed by atoms with Crippen molar-refractivity contribution in [1.82, 2.24) is 10.1 Å². The van der Waals surface area contributed by atoms with Gasteiger partial charge in [0.25, 0.3) is 0 Å². The van der Waals surface area contributed by atoms with E-state index in [-0.39, 0.29) is 13.1 Å². The average molecular weight is 208 g/mol. The Morgan fingerprint density at radius 2 is 2.53 bits per heavy atom. The first-order valence-corrected chi connectivity index (χ1v) is 4.41. The van der Waals surface area contributed by atoms with Crippen molar-refractivity contribution < 1.29 is 14.4 Å². The second-order valence-electron chi connectivity index (χ2n) is 3.18.